The van der Waals surface area contributed by atoms with Crippen LogP contribution < -0.4 is 15.0 Å². The topological polar surface area (TPSA) is 96.0 Å². The number of ether oxygens (including phenoxy) is 1. The van der Waals surface area contributed by atoms with Crippen molar-refractivity contribution in [3.8, 4) is 5.75 Å². The second kappa shape index (κ2) is 8.78. The Bertz CT molecular complexity index is 958. The van der Waals surface area contributed by atoms with E-state index in [0.717, 1.165) is 32.1 Å². The van der Waals surface area contributed by atoms with Crippen LogP contribution in [0.15, 0.2) is 23.1 Å². The first-order chi connectivity index (χ1) is 14.8. The lowest BCUT2D eigenvalue weighted by atomic mass is 9.78. The fourth-order valence-corrected chi connectivity index (χ4v) is 6.31. The fraction of sp³-hybridized carbons (Fsp3) is 0.636. The normalized spacial score (nSPS) is 27.0. The maximum atomic E-state index is 13.0. The third-order valence-electron chi connectivity index (χ3n) is 6.93. The van der Waals surface area contributed by atoms with Crippen LogP contribution in [0, 0.1) is 11.8 Å². The highest BCUT2D eigenvalue weighted by Crippen LogP contribution is 2.35. The lowest BCUT2D eigenvalue weighted by Crippen LogP contribution is -2.50. The molecule has 2 heterocycles. The lowest BCUT2D eigenvalue weighted by Gasteiger charge is -2.35. The molecule has 1 aromatic carbocycles. The highest BCUT2D eigenvalue weighted by atomic mass is 32.2. The number of carbonyl (C=O) groups is 2. The number of amides is 2. The van der Waals surface area contributed by atoms with Gasteiger partial charge < -0.3 is 10.1 Å². The number of benzene rings is 1. The summed E-state index contributed by atoms with van der Waals surface area (Å²) in [5, 5.41) is 3.09. The van der Waals surface area contributed by atoms with Crippen LogP contribution in [0.1, 0.15) is 46.0 Å². The van der Waals surface area contributed by atoms with E-state index in [0.29, 0.717) is 36.4 Å². The lowest BCUT2D eigenvalue weighted by molar-refractivity contribution is -0.126. The smallest absolute Gasteiger partial charge is 0.265 e. The first kappa shape index (κ1) is 22.1. The molecule has 0 aromatic heterocycles. The molecule has 3 aliphatic rings. The molecule has 0 unspecified atom stereocenters. The predicted octanol–water partition coefficient (Wildman–Crippen LogP) is 2.14. The van der Waals surface area contributed by atoms with Crippen LogP contribution in [-0.4, -0.2) is 56.8 Å². The van der Waals surface area contributed by atoms with Gasteiger partial charge in [-0.15, -0.1) is 0 Å². The molecule has 0 spiro atoms. The Morgan fingerprint density at radius 2 is 1.90 bits per heavy atom. The molecule has 2 aliphatic heterocycles. The van der Waals surface area contributed by atoms with Crippen molar-refractivity contribution >= 4 is 27.5 Å². The molecule has 9 heteroatoms. The average Bonchev–Trinajstić information content (AvgIpc) is 3.29. The molecule has 4 rings (SSSR count). The summed E-state index contributed by atoms with van der Waals surface area (Å²) in [6, 6.07) is 4.62. The quantitative estimate of drug-likeness (QED) is 0.743. The minimum absolute atomic E-state index is 0.0914. The van der Waals surface area contributed by atoms with E-state index < -0.39 is 10.0 Å². The Morgan fingerprint density at radius 3 is 2.65 bits per heavy atom. The first-order valence-electron chi connectivity index (χ1n) is 11.1. The van der Waals surface area contributed by atoms with Crippen LogP contribution in [0.5, 0.6) is 5.75 Å². The zero-order chi connectivity index (χ0) is 22.2. The van der Waals surface area contributed by atoms with E-state index in [1.165, 1.54) is 21.3 Å². The van der Waals surface area contributed by atoms with E-state index in [-0.39, 0.29) is 35.9 Å². The molecule has 31 heavy (non-hydrogen) atoms. The molecule has 3 atom stereocenters. The van der Waals surface area contributed by atoms with Crippen LogP contribution in [0.4, 0.5) is 5.69 Å². The number of rotatable bonds is 5. The van der Waals surface area contributed by atoms with E-state index in [2.05, 4.69) is 19.2 Å². The summed E-state index contributed by atoms with van der Waals surface area (Å²) in [6.45, 7) is 5.03. The van der Waals surface area contributed by atoms with Gasteiger partial charge in [0.1, 0.15) is 12.3 Å². The predicted molar refractivity (Wildman–Crippen MR) is 116 cm³/mol. The third kappa shape index (κ3) is 4.43. The SMILES string of the molecule is C[C@@H]1[C@H](C)CCC[C@H]1NC(=O)CN1C(=O)COc2ccc(S(=O)(=O)N3CCCC3)cc21. The number of nitrogens with one attached hydrogen (secondary N) is 1. The molecular formula is C22H31N3O5S. The fourth-order valence-electron chi connectivity index (χ4n) is 4.78. The van der Waals surface area contributed by atoms with Gasteiger partial charge in [0.2, 0.25) is 15.9 Å². The van der Waals surface area contributed by atoms with Crippen molar-refractivity contribution in [3.05, 3.63) is 18.2 Å². The van der Waals surface area contributed by atoms with Crippen LogP contribution in [-0.2, 0) is 19.6 Å². The summed E-state index contributed by atoms with van der Waals surface area (Å²) in [7, 11) is -3.64. The second-order valence-corrected chi connectivity index (χ2v) is 10.9. The molecule has 8 nitrogen and oxygen atoms in total. The van der Waals surface area contributed by atoms with Gasteiger partial charge in [-0.2, -0.15) is 4.31 Å². The van der Waals surface area contributed by atoms with Gasteiger partial charge in [0, 0.05) is 19.1 Å². The molecule has 1 saturated heterocycles. The van der Waals surface area contributed by atoms with Crippen molar-refractivity contribution in [2.45, 2.75) is 56.9 Å². The second-order valence-electron chi connectivity index (χ2n) is 8.95. The highest BCUT2D eigenvalue weighted by Gasteiger charge is 2.33. The average molecular weight is 450 g/mol. The highest BCUT2D eigenvalue weighted by molar-refractivity contribution is 7.89. The van der Waals surface area contributed by atoms with Crippen molar-refractivity contribution in [3.63, 3.8) is 0 Å². The zero-order valence-corrected chi connectivity index (χ0v) is 19.0. The van der Waals surface area contributed by atoms with Gasteiger partial charge in [-0.05, 0) is 49.3 Å². The van der Waals surface area contributed by atoms with Crippen molar-refractivity contribution in [2.24, 2.45) is 11.8 Å². The maximum Gasteiger partial charge on any atom is 0.265 e. The largest absolute Gasteiger partial charge is 0.482 e. The molecule has 0 radical (unpaired) electrons. The van der Waals surface area contributed by atoms with Crippen LogP contribution in [0.25, 0.3) is 0 Å². The number of hydrogen-bond acceptors (Lipinski definition) is 5. The van der Waals surface area contributed by atoms with Gasteiger partial charge in [-0.1, -0.05) is 26.7 Å². The zero-order valence-electron chi connectivity index (χ0n) is 18.2. The van der Waals surface area contributed by atoms with Crippen molar-refractivity contribution in [1.82, 2.24) is 9.62 Å². The summed E-state index contributed by atoms with van der Waals surface area (Å²) < 4.78 is 32.9. The first-order valence-corrected chi connectivity index (χ1v) is 12.6. The Kier molecular flexibility index (Phi) is 6.25. The summed E-state index contributed by atoms with van der Waals surface area (Å²) in [6.07, 6.45) is 4.86. The number of nitrogens with zero attached hydrogens (tertiary/aromatic N) is 2. The Morgan fingerprint density at radius 1 is 1.16 bits per heavy atom. The van der Waals surface area contributed by atoms with Crippen LogP contribution in [0.2, 0.25) is 0 Å². The van der Waals surface area contributed by atoms with Gasteiger partial charge in [-0.3, -0.25) is 14.5 Å². The molecule has 2 amide bonds. The number of carbonyl (C=O) groups excluding carboxylic acids is 2. The number of hydrogen-bond donors (Lipinski definition) is 1. The Balaban J connectivity index is 1.54. The Hall–Kier alpha value is -2.13. The summed E-state index contributed by atoms with van der Waals surface area (Å²) in [4.78, 5) is 26.8. The Labute approximate surface area is 184 Å². The third-order valence-corrected chi connectivity index (χ3v) is 8.83. The maximum absolute atomic E-state index is 13.0. The molecule has 1 saturated carbocycles. The van der Waals surface area contributed by atoms with Crippen molar-refractivity contribution in [2.75, 3.05) is 31.1 Å². The van der Waals surface area contributed by atoms with Gasteiger partial charge in [0.05, 0.1) is 10.6 Å². The van der Waals surface area contributed by atoms with Crippen molar-refractivity contribution < 1.29 is 22.7 Å². The van der Waals surface area contributed by atoms with E-state index in [4.69, 9.17) is 4.74 Å². The molecular weight excluding hydrogens is 418 g/mol. The van der Waals surface area contributed by atoms with E-state index in [9.17, 15) is 18.0 Å². The molecule has 1 aliphatic carbocycles. The monoisotopic (exact) mass is 449 g/mol. The van der Waals surface area contributed by atoms with Gasteiger partial charge in [0.25, 0.3) is 5.91 Å². The number of anilines is 1. The van der Waals surface area contributed by atoms with Gasteiger partial charge >= 0.3 is 0 Å². The van der Waals surface area contributed by atoms with Gasteiger partial charge in [0.15, 0.2) is 6.61 Å². The van der Waals surface area contributed by atoms with Crippen molar-refractivity contribution in [1.29, 1.82) is 0 Å². The van der Waals surface area contributed by atoms with E-state index in [1.54, 1.807) is 6.07 Å². The van der Waals surface area contributed by atoms with Gasteiger partial charge in [-0.25, -0.2) is 8.42 Å². The minimum Gasteiger partial charge on any atom is -0.482 e. The minimum atomic E-state index is -3.64. The molecule has 1 aromatic rings. The molecule has 2 fully saturated rings. The number of fused-ring (bicyclic) bond motifs is 1. The standard InChI is InChI=1S/C22H31N3O5S/c1-15-6-5-7-18(16(15)2)23-21(26)13-25-19-12-17(8-9-20(19)30-14-22(25)27)31(28,29)24-10-3-4-11-24/h8-9,12,15-16,18H,3-7,10-11,13-14H2,1-2H3,(H,23,26)/t15-,16-,18-/m1/s1. The van der Waals surface area contributed by atoms with Crippen LogP contribution >= 0.6 is 0 Å². The summed E-state index contributed by atoms with van der Waals surface area (Å²) >= 11 is 0. The number of sulfonamides is 1. The van der Waals surface area contributed by atoms with E-state index >= 15 is 0 Å². The van der Waals surface area contributed by atoms with Crippen LogP contribution in [0.3, 0.4) is 0 Å². The molecule has 170 valence electrons. The summed E-state index contributed by atoms with van der Waals surface area (Å²) in [5.74, 6) is 0.738. The molecule has 0 bridgehead atoms. The summed E-state index contributed by atoms with van der Waals surface area (Å²) in [5.41, 5.74) is 0.330. The molecule has 1 N–H and O–H groups in total. The van der Waals surface area contributed by atoms with E-state index in [1.807, 2.05) is 0 Å².